The summed E-state index contributed by atoms with van der Waals surface area (Å²) in [6, 6.07) is 10.0. The number of halogens is 2. The van der Waals surface area contributed by atoms with Crippen molar-refractivity contribution >= 4 is 17.2 Å². The SMILES string of the molecule is Cc1nc2c(Cl)cccn2c1-c1ccc(F)cc1. The molecular formula is C14H10ClFN2. The summed E-state index contributed by atoms with van der Waals surface area (Å²) >= 11 is 6.11. The summed E-state index contributed by atoms with van der Waals surface area (Å²) in [5.41, 5.74) is 3.45. The maximum absolute atomic E-state index is 13.0. The normalized spacial score (nSPS) is 11.1. The molecular weight excluding hydrogens is 251 g/mol. The summed E-state index contributed by atoms with van der Waals surface area (Å²) in [5, 5.41) is 0.606. The van der Waals surface area contributed by atoms with Gasteiger partial charge in [-0.2, -0.15) is 0 Å². The number of aromatic nitrogens is 2. The fourth-order valence-corrected chi connectivity index (χ4v) is 2.31. The van der Waals surface area contributed by atoms with Crippen molar-refractivity contribution in [3.63, 3.8) is 0 Å². The maximum atomic E-state index is 13.0. The second-order valence-electron chi connectivity index (χ2n) is 4.10. The maximum Gasteiger partial charge on any atom is 0.156 e. The summed E-state index contributed by atoms with van der Waals surface area (Å²) in [6.45, 7) is 1.92. The van der Waals surface area contributed by atoms with Crippen LogP contribution in [0.4, 0.5) is 4.39 Å². The first-order valence-electron chi connectivity index (χ1n) is 5.56. The highest BCUT2D eigenvalue weighted by atomic mass is 35.5. The Kier molecular flexibility index (Phi) is 2.56. The van der Waals surface area contributed by atoms with Gasteiger partial charge in [0, 0.05) is 11.8 Å². The van der Waals surface area contributed by atoms with Gasteiger partial charge in [-0.3, -0.25) is 4.40 Å². The van der Waals surface area contributed by atoms with E-state index in [9.17, 15) is 4.39 Å². The minimum absolute atomic E-state index is 0.247. The zero-order chi connectivity index (χ0) is 12.7. The van der Waals surface area contributed by atoms with Crippen LogP contribution in [-0.2, 0) is 0 Å². The van der Waals surface area contributed by atoms with Crippen molar-refractivity contribution in [2.75, 3.05) is 0 Å². The molecule has 0 aliphatic rings. The van der Waals surface area contributed by atoms with Crippen LogP contribution in [0.5, 0.6) is 0 Å². The number of hydrogen-bond donors (Lipinski definition) is 0. The van der Waals surface area contributed by atoms with Crippen LogP contribution >= 0.6 is 11.6 Å². The molecule has 0 N–H and O–H groups in total. The highest BCUT2D eigenvalue weighted by molar-refractivity contribution is 6.33. The van der Waals surface area contributed by atoms with E-state index in [2.05, 4.69) is 4.98 Å². The molecule has 0 radical (unpaired) electrons. The summed E-state index contributed by atoms with van der Waals surface area (Å²) in [6.07, 6.45) is 1.90. The van der Waals surface area contributed by atoms with Gasteiger partial charge in [-0.15, -0.1) is 0 Å². The lowest BCUT2D eigenvalue weighted by atomic mass is 10.1. The van der Waals surface area contributed by atoms with E-state index in [1.165, 1.54) is 12.1 Å². The smallest absolute Gasteiger partial charge is 0.156 e. The van der Waals surface area contributed by atoms with Crippen LogP contribution in [-0.4, -0.2) is 9.38 Å². The molecule has 90 valence electrons. The molecule has 0 saturated carbocycles. The molecule has 2 nitrogen and oxygen atoms in total. The van der Waals surface area contributed by atoms with Crippen molar-refractivity contribution in [3.05, 3.63) is 59.1 Å². The molecule has 1 aromatic carbocycles. The first kappa shape index (κ1) is 11.2. The number of benzene rings is 1. The van der Waals surface area contributed by atoms with Crippen molar-refractivity contribution in [1.82, 2.24) is 9.38 Å². The molecule has 0 fully saturated rings. The van der Waals surface area contributed by atoms with Gasteiger partial charge in [0.1, 0.15) is 5.82 Å². The molecule has 3 rings (SSSR count). The Balaban J connectivity index is 2.32. The van der Waals surface area contributed by atoms with Crippen LogP contribution in [0.2, 0.25) is 5.02 Å². The lowest BCUT2D eigenvalue weighted by Gasteiger charge is -2.03. The predicted octanol–water partition coefficient (Wildman–Crippen LogP) is 4.10. The summed E-state index contributed by atoms with van der Waals surface area (Å²) in [5.74, 6) is -0.247. The van der Waals surface area contributed by atoms with Gasteiger partial charge in [-0.25, -0.2) is 9.37 Å². The molecule has 3 aromatic rings. The number of hydrogen-bond acceptors (Lipinski definition) is 1. The van der Waals surface area contributed by atoms with Gasteiger partial charge in [0.25, 0.3) is 0 Å². The molecule has 18 heavy (non-hydrogen) atoms. The predicted molar refractivity (Wildman–Crippen MR) is 70.3 cm³/mol. The third-order valence-corrected chi connectivity index (χ3v) is 3.19. The quantitative estimate of drug-likeness (QED) is 0.644. The Morgan fingerprint density at radius 1 is 1.17 bits per heavy atom. The fraction of sp³-hybridized carbons (Fsp3) is 0.0714. The number of nitrogens with zero attached hydrogens (tertiary/aromatic N) is 2. The molecule has 0 spiro atoms. The summed E-state index contributed by atoms with van der Waals surface area (Å²) in [7, 11) is 0. The van der Waals surface area contributed by atoms with E-state index in [0.29, 0.717) is 5.02 Å². The molecule has 4 heteroatoms. The molecule has 2 heterocycles. The van der Waals surface area contributed by atoms with Crippen molar-refractivity contribution in [3.8, 4) is 11.3 Å². The molecule has 0 unspecified atom stereocenters. The number of imidazole rings is 1. The molecule has 0 aliphatic carbocycles. The summed E-state index contributed by atoms with van der Waals surface area (Å²) in [4.78, 5) is 4.45. The number of rotatable bonds is 1. The zero-order valence-corrected chi connectivity index (χ0v) is 10.4. The Morgan fingerprint density at radius 3 is 2.61 bits per heavy atom. The Hall–Kier alpha value is -1.87. The topological polar surface area (TPSA) is 17.3 Å². The molecule has 2 aromatic heterocycles. The lowest BCUT2D eigenvalue weighted by molar-refractivity contribution is 0.628. The van der Waals surface area contributed by atoms with Crippen molar-refractivity contribution < 1.29 is 4.39 Å². The van der Waals surface area contributed by atoms with Crippen LogP contribution in [0.1, 0.15) is 5.69 Å². The van der Waals surface area contributed by atoms with Gasteiger partial charge in [-0.05, 0) is 43.3 Å². The highest BCUT2D eigenvalue weighted by Crippen LogP contribution is 2.27. The molecule has 0 amide bonds. The van der Waals surface area contributed by atoms with Gasteiger partial charge < -0.3 is 0 Å². The summed E-state index contributed by atoms with van der Waals surface area (Å²) < 4.78 is 14.9. The van der Waals surface area contributed by atoms with E-state index in [1.807, 2.05) is 23.6 Å². The van der Waals surface area contributed by atoms with E-state index < -0.39 is 0 Å². The number of fused-ring (bicyclic) bond motifs is 1. The molecule has 0 aliphatic heterocycles. The van der Waals surface area contributed by atoms with E-state index in [-0.39, 0.29) is 5.82 Å². The fourth-order valence-electron chi connectivity index (χ4n) is 2.10. The monoisotopic (exact) mass is 260 g/mol. The standard InChI is InChI=1S/C14H10ClFN2/c1-9-13(10-4-6-11(16)7-5-10)18-8-2-3-12(15)14(18)17-9/h2-8H,1H3. The van der Waals surface area contributed by atoms with Crippen LogP contribution in [0.15, 0.2) is 42.6 Å². The average Bonchev–Trinajstić information content (AvgIpc) is 2.69. The van der Waals surface area contributed by atoms with E-state index in [0.717, 1.165) is 22.6 Å². The lowest BCUT2D eigenvalue weighted by Crippen LogP contribution is -1.89. The van der Waals surface area contributed by atoms with Gasteiger partial charge in [-0.1, -0.05) is 11.6 Å². The van der Waals surface area contributed by atoms with E-state index in [4.69, 9.17) is 11.6 Å². The molecule has 0 saturated heterocycles. The van der Waals surface area contributed by atoms with Crippen LogP contribution in [0.3, 0.4) is 0 Å². The third kappa shape index (κ3) is 1.68. The van der Waals surface area contributed by atoms with Gasteiger partial charge >= 0.3 is 0 Å². The minimum atomic E-state index is -0.247. The van der Waals surface area contributed by atoms with Crippen LogP contribution in [0, 0.1) is 12.7 Å². The first-order chi connectivity index (χ1) is 8.66. The molecule has 0 atom stereocenters. The molecule has 0 bridgehead atoms. The Bertz CT molecular complexity index is 716. The second kappa shape index (κ2) is 4.10. The first-order valence-corrected chi connectivity index (χ1v) is 5.94. The van der Waals surface area contributed by atoms with E-state index >= 15 is 0 Å². The highest BCUT2D eigenvalue weighted by Gasteiger charge is 2.12. The minimum Gasteiger partial charge on any atom is -0.298 e. The van der Waals surface area contributed by atoms with Crippen molar-refractivity contribution in [1.29, 1.82) is 0 Å². The third-order valence-electron chi connectivity index (χ3n) is 2.89. The second-order valence-corrected chi connectivity index (χ2v) is 4.51. The Labute approximate surface area is 109 Å². The largest absolute Gasteiger partial charge is 0.298 e. The number of pyridine rings is 1. The number of aryl methyl sites for hydroxylation is 1. The zero-order valence-electron chi connectivity index (χ0n) is 9.69. The van der Waals surface area contributed by atoms with Crippen LogP contribution < -0.4 is 0 Å². The van der Waals surface area contributed by atoms with E-state index in [1.54, 1.807) is 18.2 Å². The Morgan fingerprint density at radius 2 is 1.89 bits per heavy atom. The van der Waals surface area contributed by atoms with Gasteiger partial charge in [0.15, 0.2) is 5.65 Å². The van der Waals surface area contributed by atoms with Crippen molar-refractivity contribution in [2.24, 2.45) is 0 Å². The van der Waals surface area contributed by atoms with Crippen LogP contribution in [0.25, 0.3) is 16.9 Å². The van der Waals surface area contributed by atoms with Gasteiger partial charge in [0.05, 0.1) is 16.4 Å². The van der Waals surface area contributed by atoms with Crippen molar-refractivity contribution in [2.45, 2.75) is 6.92 Å². The van der Waals surface area contributed by atoms with Gasteiger partial charge in [0.2, 0.25) is 0 Å². The average molecular weight is 261 g/mol.